The topological polar surface area (TPSA) is 68.4 Å². The molecular formula is C17H26N6O2. The third-order valence-corrected chi connectivity index (χ3v) is 4.38. The first-order valence-corrected chi connectivity index (χ1v) is 8.49. The number of hydrogen-bond acceptors (Lipinski definition) is 5. The largest absolute Gasteiger partial charge is 0.371 e. The number of nitrogens with zero attached hydrogens (tertiary/aromatic N) is 6. The van der Waals surface area contributed by atoms with Gasteiger partial charge < -0.3 is 14.2 Å². The smallest absolute Gasteiger partial charge is 0.248 e. The molecular weight excluding hydrogens is 320 g/mol. The first kappa shape index (κ1) is 17.6. The summed E-state index contributed by atoms with van der Waals surface area (Å²) in [4.78, 5) is 20.1. The molecule has 1 aliphatic heterocycles. The molecule has 2 aromatic rings. The van der Waals surface area contributed by atoms with Crippen molar-refractivity contribution in [3.63, 3.8) is 0 Å². The maximum atomic E-state index is 11.7. The number of fused-ring (bicyclic) bond motifs is 1. The highest BCUT2D eigenvalue weighted by Gasteiger charge is 2.23. The van der Waals surface area contributed by atoms with Gasteiger partial charge >= 0.3 is 0 Å². The minimum Gasteiger partial charge on any atom is -0.371 e. The highest BCUT2D eigenvalue weighted by atomic mass is 16.5. The zero-order chi connectivity index (χ0) is 17.8. The van der Waals surface area contributed by atoms with Gasteiger partial charge in [0.15, 0.2) is 0 Å². The molecule has 25 heavy (non-hydrogen) atoms. The van der Waals surface area contributed by atoms with E-state index >= 15 is 0 Å². The number of hydrogen-bond donors (Lipinski definition) is 0. The normalized spacial score (nSPS) is 18.0. The fourth-order valence-corrected chi connectivity index (χ4v) is 3.10. The van der Waals surface area contributed by atoms with Crippen molar-refractivity contribution in [1.82, 2.24) is 29.1 Å². The van der Waals surface area contributed by atoms with Crippen LogP contribution in [0.5, 0.6) is 0 Å². The minimum atomic E-state index is -0.0100. The molecule has 2 aromatic heterocycles. The molecule has 1 aliphatic rings. The second-order valence-electron chi connectivity index (χ2n) is 6.86. The highest BCUT2D eigenvalue weighted by Crippen LogP contribution is 2.18. The molecule has 136 valence electrons. The Hall–Kier alpha value is -2.19. The van der Waals surface area contributed by atoms with Crippen LogP contribution in [0, 0.1) is 5.92 Å². The van der Waals surface area contributed by atoms with Gasteiger partial charge in [-0.1, -0.05) is 0 Å². The van der Waals surface area contributed by atoms with E-state index in [9.17, 15) is 4.79 Å². The second kappa shape index (κ2) is 7.79. The van der Waals surface area contributed by atoms with Gasteiger partial charge in [0.1, 0.15) is 12.4 Å². The van der Waals surface area contributed by atoms with E-state index in [1.807, 2.05) is 36.5 Å². The molecule has 0 bridgehead atoms. The van der Waals surface area contributed by atoms with Crippen molar-refractivity contribution >= 4 is 5.91 Å². The summed E-state index contributed by atoms with van der Waals surface area (Å²) in [6.07, 6.45) is 7.80. The Morgan fingerprint density at radius 1 is 1.40 bits per heavy atom. The Kier molecular flexibility index (Phi) is 5.50. The predicted octanol–water partition coefficient (Wildman–Crippen LogP) is 0.353. The Morgan fingerprint density at radius 2 is 2.24 bits per heavy atom. The fraction of sp³-hybridized carbons (Fsp3) is 0.588. The van der Waals surface area contributed by atoms with Crippen LogP contribution in [0.15, 0.2) is 24.8 Å². The van der Waals surface area contributed by atoms with E-state index in [2.05, 4.69) is 19.5 Å². The molecule has 3 heterocycles. The zero-order valence-corrected chi connectivity index (χ0v) is 15.1. The summed E-state index contributed by atoms with van der Waals surface area (Å²) < 4.78 is 9.68. The first-order valence-electron chi connectivity index (χ1n) is 8.49. The van der Waals surface area contributed by atoms with Crippen LogP contribution in [-0.4, -0.2) is 68.9 Å². The Labute approximate surface area is 148 Å². The Balaban J connectivity index is 1.63. The van der Waals surface area contributed by atoms with Crippen molar-refractivity contribution in [3.8, 4) is 0 Å². The van der Waals surface area contributed by atoms with E-state index in [1.54, 1.807) is 19.0 Å². The van der Waals surface area contributed by atoms with E-state index in [1.165, 1.54) is 5.56 Å². The lowest BCUT2D eigenvalue weighted by molar-refractivity contribution is -0.134. The monoisotopic (exact) mass is 346 g/mol. The van der Waals surface area contributed by atoms with E-state index in [0.717, 1.165) is 32.0 Å². The molecule has 0 aliphatic carbocycles. The van der Waals surface area contributed by atoms with Gasteiger partial charge in [-0.25, -0.2) is 4.98 Å². The summed E-state index contributed by atoms with van der Waals surface area (Å²) in [5.41, 5.74) is 1.19. The number of rotatable bonds is 6. The maximum Gasteiger partial charge on any atom is 0.248 e. The van der Waals surface area contributed by atoms with Crippen LogP contribution in [0.4, 0.5) is 0 Å². The molecule has 0 saturated carbocycles. The molecule has 0 radical (unpaired) electrons. The number of ether oxygens (including phenoxy) is 1. The van der Waals surface area contributed by atoms with E-state index in [4.69, 9.17) is 4.74 Å². The fourth-order valence-electron chi connectivity index (χ4n) is 3.10. The van der Waals surface area contributed by atoms with Crippen LogP contribution in [0.3, 0.4) is 0 Å². The summed E-state index contributed by atoms with van der Waals surface area (Å²) in [6.45, 7) is 4.07. The molecule has 1 atom stereocenters. The quantitative estimate of drug-likeness (QED) is 0.755. The molecule has 1 unspecified atom stereocenters. The van der Waals surface area contributed by atoms with Gasteiger partial charge in [-0.05, 0) is 0 Å². The summed E-state index contributed by atoms with van der Waals surface area (Å²) in [6, 6.07) is 0. The minimum absolute atomic E-state index is 0.0100. The Bertz CT molecular complexity index is 708. The standard InChI is InChI=1S/C17H26N6O2/c1-20(2)17(24)13-25-12-15-9-22(8-14-6-19-21(3)7-14)11-16-18-4-5-23(16)10-15/h4-7,15H,8-13H2,1-3H3. The molecule has 0 N–H and O–H groups in total. The molecule has 8 heteroatoms. The third-order valence-electron chi connectivity index (χ3n) is 4.38. The van der Waals surface area contributed by atoms with Gasteiger partial charge in [-0.2, -0.15) is 5.10 Å². The molecule has 0 fully saturated rings. The zero-order valence-electron chi connectivity index (χ0n) is 15.1. The van der Waals surface area contributed by atoms with Crippen LogP contribution in [0.2, 0.25) is 0 Å². The number of imidazole rings is 1. The number of likely N-dealkylation sites (N-methyl/N-ethyl adjacent to an activating group) is 1. The van der Waals surface area contributed by atoms with Gasteiger partial charge in [0.2, 0.25) is 5.91 Å². The van der Waals surface area contributed by atoms with Crippen LogP contribution < -0.4 is 0 Å². The molecule has 3 rings (SSSR count). The van der Waals surface area contributed by atoms with Crippen LogP contribution in [-0.2, 0) is 36.2 Å². The SMILES string of the molecule is CN(C)C(=O)COCC1CN(Cc2cnn(C)c2)Cc2nccn2C1. The van der Waals surface area contributed by atoms with Gasteiger partial charge in [0.05, 0.1) is 19.3 Å². The van der Waals surface area contributed by atoms with Crippen molar-refractivity contribution < 1.29 is 9.53 Å². The van der Waals surface area contributed by atoms with Crippen molar-refractivity contribution in [3.05, 3.63) is 36.2 Å². The lowest BCUT2D eigenvalue weighted by Crippen LogP contribution is -2.32. The summed E-state index contributed by atoms with van der Waals surface area (Å²) in [7, 11) is 5.41. The number of aromatic nitrogens is 4. The second-order valence-corrected chi connectivity index (χ2v) is 6.86. The first-order chi connectivity index (χ1) is 12.0. The van der Waals surface area contributed by atoms with Crippen molar-refractivity contribution in [1.29, 1.82) is 0 Å². The molecule has 1 amide bonds. The van der Waals surface area contributed by atoms with E-state index < -0.39 is 0 Å². The lowest BCUT2D eigenvalue weighted by atomic mass is 10.1. The van der Waals surface area contributed by atoms with E-state index in [-0.39, 0.29) is 12.5 Å². The predicted molar refractivity (Wildman–Crippen MR) is 92.6 cm³/mol. The lowest BCUT2D eigenvalue weighted by Gasteiger charge is -2.23. The molecule has 0 spiro atoms. The summed E-state index contributed by atoms with van der Waals surface area (Å²) in [5, 5.41) is 4.25. The third kappa shape index (κ3) is 4.67. The van der Waals surface area contributed by atoms with Crippen LogP contribution in [0.25, 0.3) is 0 Å². The summed E-state index contributed by atoms with van der Waals surface area (Å²) in [5.74, 6) is 1.36. The van der Waals surface area contributed by atoms with Crippen molar-refractivity contribution in [2.75, 3.05) is 33.9 Å². The van der Waals surface area contributed by atoms with E-state index in [0.29, 0.717) is 12.5 Å². The van der Waals surface area contributed by atoms with Gasteiger partial charge in [-0.3, -0.25) is 14.4 Å². The highest BCUT2D eigenvalue weighted by molar-refractivity contribution is 5.76. The van der Waals surface area contributed by atoms with Crippen molar-refractivity contribution in [2.24, 2.45) is 13.0 Å². The number of carbonyl (C=O) groups excluding carboxylic acids is 1. The summed E-state index contributed by atoms with van der Waals surface area (Å²) >= 11 is 0. The number of amides is 1. The van der Waals surface area contributed by atoms with Crippen molar-refractivity contribution in [2.45, 2.75) is 19.6 Å². The average molecular weight is 346 g/mol. The van der Waals surface area contributed by atoms with Crippen LogP contribution in [0.1, 0.15) is 11.4 Å². The number of aryl methyl sites for hydroxylation is 1. The average Bonchev–Trinajstić information content (AvgIpc) is 3.12. The number of carbonyl (C=O) groups is 1. The van der Waals surface area contributed by atoms with Gasteiger partial charge in [0, 0.05) is 70.8 Å². The molecule has 0 saturated heterocycles. The van der Waals surface area contributed by atoms with Gasteiger partial charge in [0.25, 0.3) is 0 Å². The molecule has 0 aromatic carbocycles. The van der Waals surface area contributed by atoms with Gasteiger partial charge in [-0.15, -0.1) is 0 Å². The maximum absolute atomic E-state index is 11.7. The molecule has 8 nitrogen and oxygen atoms in total. The Morgan fingerprint density at radius 3 is 2.96 bits per heavy atom. The van der Waals surface area contributed by atoms with Crippen LogP contribution >= 0.6 is 0 Å².